The molecule has 1 aliphatic rings. The van der Waals surface area contributed by atoms with Gasteiger partial charge in [-0.15, -0.1) is 0 Å². The molecule has 5 N–H and O–H groups in total. The molecule has 1 rings (SSSR count). The van der Waals surface area contributed by atoms with Crippen LogP contribution in [0.4, 0.5) is 4.79 Å². The molecule has 0 radical (unpaired) electrons. The first-order chi connectivity index (χ1) is 8.59. The highest BCUT2D eigenvalue weighted by Gasteiger charge is 2.18. The quantitative estimate of drug-likeness (QED) is 0.507. The van der Waals surface area contributed by atoms with Crippen LogP contribution in [-0.4, -0.2) is 37.1 Å². The van der Waals surface area contributed by atoms with Crippen molar-refractivity contribution in [2.75, 3.05) is 13.1 Å². The van der Waals surface area contributed by atoms with E-state index in [9.17, 15) is 9.59 Å². The number of rotatable bonds is 6. The molecule has 6 nitrogen and oxygen atoms in total. The second-order valence-corrected chi connectivity index (χ2v) is 4.81. The average Bonchev–Trinajstić information content (AvgIpc) is 2.35. The van der Waals surface area contributed by atoms with E-state index in [1.54, 1.807) is 0 Å². The van der Waals surface area contributed by atoms with Crippen molar-refractivity contribution >= 4 is 11.9 Å². The maximum atomic E-state index is 11.9. The van der Waals surface area contributed by atoms with Gasteiger partial charge in [-0.1, -0.05) is 19.3 Å². The number of nitrogens with two attached hydrogens (primary N) is 1. The van der Waals surface area contributed by atoms with Gasteiger partial charge in [0.25, 0.3) is 0 Å². The highest BCUT2D eigenvalue weighted by atomic mass is 16.2. The SMILES string of the molecule is CC(NCCNC(N)=O)C(=O)NC1CCCCC1. The van der Waals surface area contributed by atoms with Crippen LogP contribution in [0.25, 0.3) is 0 Å². The van der Waals surface area contributed by atoms with Gasteiger partial charge < -0.3 is 21.7 Å². The largest absolute Gasteiger partial charge is 0.352 e. The topological polar surface area (TPSA) is 96.2 Å². The monoisotopic (exact) mass is 256 g/mol. The van der Waals surface area contributed by atoms with Gasteiger partial charge in [0, 0.05) is 19.1 Å². The van der Waals surface area contributed by atoms with E-state index in [4.69, 9.17) is 5.73 Å². The number of hydrogen-bond donors (Lipinski definition) is 4. The number of urea groups is 1. The van der Waals surface area contributed by atoms with Crippen LogP contribution < -0.4 is 21.7 Å². The van der Waals surface area contributed by atoms with E-state index in [0.29, 0.717) is 19.1 Å². The minimum Gasteiger partial charge on any atom is -0.352 e. The molecule has 0 aliphatic heterocycles. The molecule has 1 saturated carbocycles. The summed E-state index contributed by atoms with van der Waals surface area (Å²) < 4.78 is 0. The lowest BCUT2D eigenvalue weighted by molar-refractivity contribution is -0.123. The van der Waals surface area contributed by atoms with Gasteiger partial charge in [0.15, 0.2) is 0 Å². The molecule has 3 amide bonds. The zero-order chi connectivity index (χ0) is 13.4. The summed E-state index contributed by atoms with van der Waals surface area (Å²) in [5.41, 5.74) is 4.94. The Balaban J connectivity index is 2.13. The Morgan fingerprint density at radius 1 is 1.22 bits per heavy atom. The lowest BCUT2D eigenvalue weighted by Gasteiger charge is -2.24. The first-order valence-corrected chi connectivity index (χ1v) is 6.66. The van der Waals surface area contributed by atoms with Crippen LogP contribution in [-0.2, 0) is 4.79 Å². The zero-order valence-electron chi connectivity index (χ0n) is 11.0. The van der Waals surface area contributed by atoms with Gasteiger partial charge >= 0.3 is 6.03 Å². The van der Waals surface area contributed by atoms with Crippen molar-refractivity contribution in [1.29, 1.82) is 0 Å². The number of hydrogen-bond acceptors (Lipinski definition) is 3. The number of nitrogens with one attached hydrogen (secondary N) is 3. The molecule has 0 spiro atoms. The standard InChI is InChI=1S/C12H24N4O2/c1-9(14-7-8-15-12(13)18)11(17)16-10-5-3-2-4-6-10/h9-10,14H,2-8H2,1H3,(H,16,17)(H3,13,15,18). The summed E-state index contributed by atoms with van der Waals surface area (Å²) >= 11 is 0. The summed E-state index contributed by atoms with van der Waals surface area (Å²) in [6.45, 7) is 2.78. The second-order valence-electron chi connectivity index (χ2n) is 4.81. The fourth-order valence-corrected chi connectivity index (χ4v) is 2.14. The van der Waals surface area contributed by atoms with E-state index in [2.05, 4.69) is 16.0 Å². The van der Waals surface area contributed by atoms with Gasteiger partial charge in [0.1, 0.15) is 0 Å². The van der Waals surface area contributed by atoms with Crippen molar-refractivity contribution in [3.63, 3.8) is 0 Å². The number of primary amides is 1. The molecule has 18 heavy (non-hydrogen) atoms. The number of carbonyl (C=O) groups is 2. The molecule has 1 unspecified atom stereocenters. The summed E-state index contributed by atoms with van der Waals surface area (Å²) in [6, 6.07) is -0.461. The molecule has 6 heteroatoms. The molecule has 0 aromatic carbocycles. The minimum absolute atomic E-state index is 0.0287. The lowest BCUT2D eigenvalue weighted by atomic mass is 9.95. The van der Waals surface area contributed by atoms with Gasteiger partial charge in [0.05, 0.1) is 6.04 Å². The van der Waals surface area contributed by atoms with Crippen LogP contribution in [0.5, 0.6) is 0 Å². The smallest absolute Gasteiger partial charge is 0.312 e. The van der Waals surface area contributed by atoms with Crippen LogP contribution in [0.3, 0.4) is 0 Å². The Hall–Kier alpha value is -1.30. The molecular weight excluding hydrogens is 232 g/mol. The Labute approximate surface area is 108 Å². The van der Waals surface area contributed by atoms with Crippen molar-refractivity contribution in [3.05, 3.63) is 0 Å². The van der Waals surface area contributed by atoms with Crippen LogP contribution in [0.2, 0.25) is 0 Å². The van der Waals surface area contributed by atoms with Gasteiger partial charge in [-0.3, -0.25) is 4.79 Å². The predicted octanol–water partition coefficient (Wildman–Crippen LogP) is 0.0817. The molecule has 0 bridgehead atoms. The molecule has 0 saturated heterocycles. The normalized spacial score (nSPS) is 18.1. The maximum absolute atomic E-state index is 11.9. The van der Waals surface area contributed by atoms with E-state index in [1.807, 2.05) is 6.92 Å². The third kappa shape index (κ3) is 5.86. The van der Waals surface area contributed by atoms with Crippen molar-refractivity contribution in [3.8, 4) is 0 Å². The summed E-state index contributed by atoms with van der Waals surface area (Å²) in [5.74, 6) is 0.0287. The van der Waals surface area contributed by atoms with Gasteiger partial charge in [-0.25, -0.2) is 4.79 Å². The molecule has 1 atom stereocenters. The zero-order valence-corrected chi connectivity index (χ0v) is 11.0. The molecule has 1 fully saturated rings. The summed E-state index contributed by atoms with van der Waals surface area (Å²) in [7, 11) is 0. The van der Waals surface area contributed by atoms with Crippen molar-refractivity contribution in [2.45, 2.75) is 51.1 Å². The fraction of sp³-hybridized carbons (Fsp3) is 0.833. The highest BCUT2D eigenvalue weighted by Crippen LogP contribution is 2.17. The first-order valence-electron chi connectivity index (χ1n) is 6.66. The molecular formula is C12H24N4O2. The van der Waals surface area contributed by atoms with Gasteiger partial charge in [0.2, 0.25) is 5.91 Å². The fourth-order valence-electron chi connectivity index (χ4n) is 2.14. The van der Waals surface area contributed by atoms with Crippen LogP contribution in [0.1, 0.15) is 39.0 Å². The van der Waals surface area contributed by atoms with E-state index >= 15 is 0 Å². The van der Waals surface area contributed by atoms with Crippen LogP contribution in [0, 0.1) is 0 Å². The first kappa shape index (κ1) is 14.8. The molecule has 104 valence electrons. The third-order valence-corrected chi connectivity index (χ3v) is 3.22. The van der Waals surface area contributed by atoms with Gasteiger partial charge in [-0.2, -0.15) is 0 Å². The minimum atomic E-state index is -0.545. The van der Waals surface area contributed by atoms with Crippen molar-refractivity contribution in [2.24, 2.45) is 5.73 Å². The number of amides is 3. The molecule has 0 heterocycles. The summed E-state index contributed by atoms with van der Waals surface area (Å²) in [4.78, 5) is 22.3. The highest BCUT2D eigenvalue weighted by molar-refractivity contribution is 5.81. The van der Waals surface area contributed by atoms with E-state index < -0.39 is 6.03 Å². The number of carbonyl (C=O) groups excluding carboxylic acids is 2. The lowest BCUT2D eigenvalue weighted by Crippen LogP contribution is -2.48. The van der Waals surface area contributed by atoms with E-state index in [0.717, 1.165) is 12.8 Å². The average molecular weight is 256 g/mol. The maximum Gasteiger partial charge on any atom is 0.312 e. The van der Waals surface area contributed by atoms with Crippen LogP contribution in [0.15, 0.2) is 0 Å². The van der Waals surface area contributed by atoms with Crippen LogP contribution >= 0.6 is 0 Å². The van der Waals surface area contributed by atoms with E-state index in [-0.39, 0.29) is 11.9 Å². The Morgan fingerprint density at radius 2 is 1.89 bits per heavy atom. The second kappa shape index (κ2) is 7.92. The molecule has 0 aromatic rings. The van der Waals surface area contributed by atoms with Crippen molar-refractivity contribution < 1.29 is 9.59 Å². The summed E-state index contributed by atoms with van der Waals surface area (Å²) in [6.07, 6.45) is 5.85. The van der Waals surface area contributed by atoms with E-state index in [1.165, 1.54) is 19.3 Å². The Kier molecular flexibility index (Phi) is 6.49. The Bertz CT molecular complexity index is 277. The predicted molar refractivity (Wildman–Crippen MR) is 70.1 cm³/mol. The summed E-state index contributed by atoms with van der Waals surface area (Å²) in [5, 5.41) is 8.57. The van der Waals surface area contributed by atoms with Gasteiger partial charge in [-0.05, 0) is 19.8 Å². The third-order valence-electron chi connectivity index (χ3n) is 3.22. The van der Waals surface area contributed by atoms with Crippen molar-refractivity contribution in [1.82, 2.24) is 16.0 Å². The Morgan fingerprint density at radius 3 is 2.50 bits per heavy atom. The molecule has 1 aliphatic carbocycles. The molecule has 0 aromatic heterocycles.